The number of ether oxygens (including phenoxy) is 2. The molecule has 0 radical (unpaired) electrons. The maximum Gasteiger partial charge on any atom is 0.295 e. The Hall–Kier alpha value is -3.49. The van der Waals surface area contributed by atoms with Crippen LogP contribution in [0.4, 0.5) is 0 Å². The number of benzene rings is 1. The summed E-state index contributed by atoms with van der Waals surface area (Å²) in [6.07, 6.45) is 5.61. The molecule has 0 bridgehead atoms. The van der Waals surface area contributed by atoms with E-state index >= 15 is 0 Å². The summed E-state index contributed by atoms with van der Waals surface area (Å²) < 4.78 is 10.9. The van der Waals surface area contributed by atoms with Gasteiger partial charge in [-0.05, 0) is 42.3 Å². The molecule has 1 N–H and O–H groups in total. The summed E-state index contributed by atoms with van der Waals surface area (Å²) in [5.41, 5.74) is 1.19. The lowest BCUT2D eigenvalue weighted by molar-refractivity contribution is -0.140. The van der Waals surface area contributed by atoms with Crippen LogP contribution in [0.3, 0.4) is 0 Å². The van der Waals surface area contributed by atoms with Crippen LogP contribution in [0.15, 0.2) is 67.0 Å². The lowest BCUT2D eigenvalue weighted by Gasteiger charge is -2.29. The van der Waals surface area contributed by atoms with Gasteiger partial charge >= 0.3 is 0 Å². The van der Waals surface area contributed by atoms with E-state index in [1.54, 1.807) is 53.7 Å². The maximum absolute atomic E-state index is 13.1. The Morgan fingerprint density at radius 1 is 1.18 bits per heavy atom. The fourth-order valence-electron chi connectivity index (χ4n) is 4.30. The van der Waals surface area contributed by atoms with Crippen molar-refractivity contribution < 1.29 is 24.2 Å². The van der Waals surface area contributed by atoms with Crippen molar-refractivity contribution in [3.63, 3.8) is 0 Å². The Morgan fingerprint density at radius 2 is 1.94 bits per heavy atom. The number of aliphatic hydroxyl groups excluding tert-OH is 1. The third-order valence-electron chi connectivity index (χ3n) is 6.01. The summed E-state index contributed by atoms with van der Waals surface area (Å²) in [7, 11) is 0. The largest absolute Gasteiger partial charge is 0.507 e. The zero-order chi connectivity index (χ0) is 23.9. The summed E-state index contributed by atoms with van der Waals surface area (Å²) in [5.74, 6) is -0.894. The Bertz CT molecular complexity index is 1050. The number of carbonyl (C=O) groups is 2. The van der Waals surface area contributed by atoms with Crippen LogP contribution in [0.25, 0.3) is 5.76 Å². The molecule has 2 aliphatic heterocycles. The van der Waals surface area contributed by atoms with Gasteiger partial charge in [0.1, 0.15) is 18.1 Å². The molecule has 1 amide bonds. The number of nitrogens with zero attached hydrogens (tertiary/aromatic N) is 3. The molecule has 178 valence electrons. The molecule has 2 aromatic rings. The summed E-state index contributed by atoms with van der Waals surface area (Å²) in [6.45, 7) is 8.31. The number of pyridine rings is 1. The highest BCUT2D eigenvalue weighted by atomic mass is 16.5. The molecular weight excluding hydrogens is 434 g/mol. The van der Waals surface area contributed by atoms with Gasteiger partial charge in [-0.15, -0.1) is 0 Å². The van der Waals surface area contributed by atoms with Crippen LogP contribution in [-0.2, 0) is 14.3 Å². The molecule has 3 heterocycles. The fraction of sp³-hybridized carbons (Fsp3) is 0.346. The number of amides is 1. The molecule has 8 nitrogen and oxygen atoms in total. The Labute approximate surface area is 199 Å². The topological polar surface area (TPSA) is 92.2 Å². The van der Waals surface area contributed by atoms with E-state index in [0.717, 1.165) is 19.6 Å². The molecule has 0 unspecified atom stereocenters. The second kappa shape index (κ2) is 11.1. The number of aromatic nitrogens is 1. The van der Waals surface area contributed by atoms with Gasteiger partial charge in [0.05, 0.1) is 24.8 Å². The third kappa shape index (κ3) is 5.18. The highest BCUT2D eigenvalue weighted by Gasteiger charge is 2.45. The number of carbonyl (C=O) groups excluding carboxylic acids is 2. The predicted octanol–water partition coefficient (Wildman–Crippen LogP) is 2.79. The first-order chi connectivity index (χ1) is 16.6. The maximum atomic E-state index is 13.1. The van der Waals surface area contributed by atoms with Crippen molar-refractivity contribution in [1.82, 2.24) is 14.8 Å². The van der Waals surface area contributed by atoms with Crippen LogP contribution < -0.4 is 4.74 Å². The van der Waals surface area contributed by atoms with Crippen molar-refractivity contribution in [3.05, 3.63) is 78.1 Å². The van der Waals surface area contributed by atoms with E-state index in [4.69, 9.17) is 9.47 Å². The van der Waals surface area contributed by atoms with E-state index in [0.29, 0.717) is 49.7 Å². The molecule has 2 saturated heterocycles. The second-order valence-electron chi connectivity index (χ2n) is 8.21. The highest BCUT2D eigenvalue weighted by molar-refractivity contribution is 6.46. The molecule has 1 atom stereocenters. The zero-order valence-corrected chi connectivity index (χ0v) is 19.1. The highest BCUT2D eigenvalue weighted by Crippen LogP contribution is 2.39. The van der Waals surface area contributed by atoms with E-state index in [9.17, 15) is 14.7 Å². The summed E-state index contributed by atoms with van der Waals surface area (Å²) >= 11 is 0. The molecular formula is C26H29N3O5. The molecule has 0 aliphatic carbocycles. The number of aliphatic hydroxyl groups is 1. The lowest BCUT2D eigenvalue weighted by Crippen LogP contribution is -2.39. The molecule has 8 heteroatoms. The zero-order valence-electron chi connectivity index (χ0n) is 19.1. The quantitative estimate of drug-likeness (QED) is 0.265. The van der Waals surface area contributed by atoms with Gasteiger partial charge in [-0.3, -0.25) is 19.5 Å². The standard InChI is InChI=1S/C26H29N3O5/c1-2-15-34-21-8-6-19(7-9-21)24(30)22-23(20-5-3-10-27-18-20)29(26(32)25(22)31)12-4-11-28-13-16-33-17-14-28/h2-3,5-10,18,23,30H,1,4,11-17H2/b24-22+/t23-/m1/s1. The van der Waals surface area contributed by atoms with Crippen LogP contribution in [0.5, 0.6) is 5.75 Å². The van der Waals surface area contributed by atoms with Crippen molar-refractivity contribution >= 4 is 17.4 Å². The van der Waals surface area contributed by atoms with E-state index in [1.165, 1.54) is 0 Å². The number of rotatable bonds is 9. The van der Waals surface area contributed by atoms with Crippen molar-refractivity contribution in [2.45, 2.75) is 12.5 Å². The van der Waals surface area contributed by atoms with E-state index in [-0.39, 0.29) is 11.3 Å². The molecule has 34 heavy (non-hydrogen) atoms. The van der Waals surface area contributed by atoms with Gasteiger partial charge in [-0.2, -0.15) is 0 Å². The molecule has 2 fully saturated rings. The normalized spacial score (nSPS) is 20.5. The minimum atomic E-state index is -0.699. The van der Waals surface area contributed by atoms with E-state index in [2.05, 4.69) is 16.5 Å². The van der Waals surface area contributed by atoms with Gasteiger partial charge in [0, 0.05) is 44.1 Å². The summed E-state index contributed by atoms with van der Waals surface area (Å²) in [5, 5.41) is 11.1. The first kappa shape index (κ1) is 23.7. The van der Waals surface area contributed by atoms with Gasteiger partial charge in [0.15, 0.2) is 0 Å². The number of hydrogen-bond donors (Lipinski definition) is 1. The predicted molar refractivity (Wildman–Crippen MR) is 127 cm³/mol. The SMILES string of the molecule is C=CCOc1ccc(/C(O)=C2\C(=O)C(=O)N(CCCN3CCOCC3)[C@@H]2c2cccnc2)cc1. The molecule has 2 aliphatic rings. The van der Waals surface area contributed by atoms with E-state index in [1.807, 2.05) is 6.07 Å². The fourth-order valence-corrected chi connectivity index (χ4v) is 4.30. The Kier molecular flexibility index (Phi) is 7.72. The molecule has 0 saturated carbocycles. The average molecular weight is 464 g/mol. The first-order valence-corrected chi connectivity index (χ1v) is 11.4. The third-order valence-corrected chi connectivity index (χ3v) is 6.01. The Balaban J connectivity index is 1.61. The van der Waals surface area contributed by atoms with Crippen LogP contribution in [0, 0.1) is 0 Å². The second-order valence-corrected chi connectivity index (χ2v) is 8.21. The number of ketones is 1. The molecule has 4 rings (SSSR count). The van der Waals surface area contributed by atoms with Crippen molar-refractivity contribution in [1.29, 1.82) is 0 Å². The average Bonchev–Trinajstić information content (AvgIpc) is 3.13. The van der Waals surface area contributed by atoms with Gasteiger partial charge < -0.3 is 19.5 Å². The minimum absolute atomic E-state index is 0.0733. The minimum Gasteiger partial charge on any atom is -0.507 e. The van der Waals surface area contributed by atoms with Gasteiger partial charge in [0.2, 0.25) is 0 Å². The van der Waals surface area contributed by atoms with Crippen LogP contribution >= 0.6 is 0 Å². The van der Waals surface area contributed by atoms with Crippen molar-refractivity contribution in [2.75, 3.05) is 46.0 Å². The summed E-state index contributed by atoms with van der Waals surface area (Å²) in [4.78, 5) is 34.1. The van der Waals surface area contributed by atoms with Crippen LogP contribution in [-0.4, -0.2) is 77.6 Å². The van der Waals surface area contributed by atoms with Gasteiger partial charge in [-0.25, -0.2) is 0 Å². The first-order valence-electron chi connectivity index (χ1n) is 11.4. The summed E-state index contributed by atoms with van der Waals surface area (Å²) in [6, 6.07) is 9.62. The number of hydrogen-bond acceptors (Lipinski definition) is 7. The Morgan fingerprint density at radius 3 is 2.62 bits per heavy atom. The van der Waals surface area contributed by atoms with Crippen LogP contribution in [0.1, 0.15) is 23.6 Å². The van der Waals surface area contributed by atoms with Crippen molar-refractivity contribution in [2.24, 2.45) is 0 Å². The van der Waals surface area contributed by atoms with E-state index < -0.39 is 17.7 Å². The molecule has 1 aromatic carbocycles. The number of Topliss-reactive ketones (excluding diaryl/α,β-unsaturated/α-hetero) is 1. The lowest BCUT2D eigenvalue weighted by atomic mass is 9.96. The smallest absolute Gasteiger partial charge is 0.295 e. The molecule has 1 aromatic heterocycles. The van der Waals surface area contributed by atoms with Crippen molar-refractivity contribution in [3.8, 4) is 5.75 Å². The van der Waals surface area contributed by atoms with Gasteiger partial charge in [0.25, 0.3) is 11.7 Å². The number of morpholine rings is 1. The monoisotopic (exact) mass is 463 g/mol. The molecule has 0 spiro atoms. The number of likely N-dealkylation sites (tertiary alicyclic amines) is 1. The van der Waals surface area contributed by atoms with Gasteiger partial charge in [-0.1, -0.05) is 18.7 Å². The van der Waals surface area contributed by atoms with Crippen LogP contribution in [0.2, 0.25) is 0 Å².